The molecular weight excluding hydrogens is 345 g/mol. The van der Waals surface area contributed by atoms with Crippen molar-refractivity contribution >= 4 is 33.3 Å². The molecule has 0 spiro atoms. The van der Waals surface area contributed by atoms with Gasteiger partial charge in [-0.15, -0.1) is 0 Å². The summed E-state index contributed by atoms with van der Waals surface area (Å²) >= 11 is 5.76. The lowest BCUT2D eigenvalue weighted by atomic mass is 9.99. The van der Waals surface area contributed by atoms with Crippen LogP contribution in [0.25, 0.3) is 0 Å². The Morgan fingerprint density at radius 1 is 1.65 bits per heavy atom. The van der Waals surface area contributed by atoms with Crippen LogP contribution >= 0.6 is 11.6 Å². The Bertz CT molecular complexity index is 1080. The van der Waals surface area contributed by atoms with Crippen molar-refractivity contribution in [2.24, 2.45) is 0 Å². The lowest BCUT2D eigenvalue weighted by Crippen LogP contribution is -2.34. The predicted molar refractivity (Wildman–Crippen MR) is 86.3 cm³/mol. The summed E-state index contributed by atoms with van der Waals surface area (Å²) in [4.78, 5) is 12.4. The van der Waals surface area contributed by atoms with E-state index in [1.165, 1.54) is 6.92 Å². The Kier molecular flexibility index (Phi) is 2.87. The van der Waals surface area contributed by atoms with Gasteiger partial charge in [-0.05, 0) is 44.2 Å². The number of sulfonamides is 1. The van der Waals surface area contributed by atoms with Gasteiger partial charge in [0.1, 0.15) is 11.1 Å². The molecule has 0 saturated carbocycles. The van der Waals surface area contributed by atoms with Crippen LogP contribution in [0.1, 0.15) is 37.1 Å². The van der Waals surface area contributed by atoms with Crippen molar-refractivity contribution < 1.29 is 34.7 Å². The van der Waals surface area contributed by atoms with Gasteiger partial charge in [0.25, 0.3) is 0 Å². The molecule has 0 heterocycles. The zero-order valence-corrected chi connectivity index (χ0v) is 13.3. The van der Waals surface area contributed by atoms with Gasteiger partial charge in [-0.2, -0.15) is 0 Å². The molecule has 2 rings (SSSR count). The zero-order chi connectivity index (χ0) is 25.0. The maximum Gasteiger partial charge on any atom is 0.335 e. The van der Waals surface area contributed by atoms with Crippen LogP contribution in [0.2, 0.25) is 6.43 Å². The first-order chi connectivity index (χ1) is 14.4. The smallest absolute Gasteiger partial charge is 0.335 e. The van der Waals surface area contributed by atoms with E-state index in [9.17, 15) is 17.6 Å². The van der Waals surface area contributed by atoms with Crippen LogP contribution in [-0.2, 0) is 19.6 Å². The highest BCUT2D eigenvalue weighted by molar-refractivity contribution is 7.93. The molecule has 0 saturated heterocycles. The molecule has 0 aliphatic heterocycles. The van der Waals surface area contributed by atoms with Crippen molar-refractivity contribution in [2.75, 3.05) is 11.3 Å². The lowest BCUT2D eigenvalue weighted by molar-refractivity contribution is -0.138. The fourth-order valence-electron chi connectivity index (χ4n) is 1.67. The van der Waals surface area contributed by atoms with E-state index in [0.717, 1.165) is 0 Å². The van der Waals surface area contributed by atoms with E-state index in [-0.39, 0.29) is 6.61 Å². The number of nitrogens with one attached hydrogen (secondary N) is 1. The van der Waals surface area contributed by atoms with Gasteiger partial charge in [-0.1, -0.05) is 17.7 Å². The topological polar surface area (TPSA) is 72.5 Å². The van der Waals surface area contributed by atoms with Gasteiger partial charge in [0.2, 0.25) is 10.0 Å². The van der Waals surface area contributed by atoms with Crippen LogP contribution in [0, 0.1) is 5.82 Å². The van der Waals surface area contributed by atoms with Crippen molar-refractivity contribution in [1.82, 2.24) is 0 Å². The number of hydrogen-bond acceptors (Lipinski definition) is 4. The molecular formula is C15H17ClFNO4S. The monoisotopic (exact) mass is 370 g/mol. The summed E-state index contributed by atoms with van der Waals surface area (Å²) in [6, 6.07) is -4.78. The average Bonchev–Trinajstić information content (AvgIpc) is 2.66. The maximum atomic E-state index is 13.9. The number of ether oxygens (including phenoxy) is 1. The number of halogens is 2. The van der Waals surface area contributed by atoms with Gasteiger partial charge in [0.15, 0.2) is 1.41 Å². The zero-order valence-electron chi connectivity index (χ0n) is 20.7. The van der Waals surface area contributed by atoms with E-state index < -0.39 is 91.4 Å². The minimum Gasteiger partial charge on any atom is -0.463 e. The minimum atomic E-state index is -5.42. The van der Waals surface area contributed by atoms with Gasteiger partial charge < -0.3 is 4.74 Å². The lowest BCUT2D eigenvalue weighted by Gasteiger charge is -2.24. The maximum absolute atomic E-state index is 13.9. The summed E-state index contributed by atoms with van der Waals surface area (Å²) < 4.78 is 115. The second-order valence-corrected chi connectivity index (χ2v) is 6.22. The van der Waals surface area contributed by atoms with E-state index in [1.807, 2.05) is 0 Å². The fourth-order valence-corrected chi connectivity index (χ4v) is 3.14. The number of rotatable bonds is 5. The van der Waals surface area contributed by atoms with E-state index in [2.05, 4.69) is 4.74 Å². The quantitative estimate of drug-likeness (QED) is 0.807. The number of carbonyl (C=O) groups is 1. The molecule has 1 aliphatic rings. The highest BCUT2D eigenvalue weighted by atomic mass is 35.5. The second-order valence-electron chi connectivity index (χ2n) is 4.15. The third-order valence-electron chi connectivity index (χ3n) is 2.59. The Morgan fingerprint density at radius 3 is 3.09 bits per heavy atom. The van der Waals surface area contributed by atoms with Crippen LogP contribution < -0.4 is 4.72 Å². The predicted octanol–water partition coefficient (Wildman–Crippen LogP) is 3.26. The molecule has 0 radical (unpaired) electrons. The van der Waals surface area contributed by atoms with Crippen molar-refractivity contribution in [3.8, 4) is 0 Å². The number of benzene rings is 1. The van der Waals surface area contributed by atoms with Gasteiger partial charge in [-0.3, -0.25) is 4.72 Å². The fraction of sp³-hybridized carbons (Fsp3) is 0.400. The third-order valence-corrected chi connectivity index (χ3v) is 4.30. The Hall–Kier alpha value is -1.60. The van der Waals surface area contributed by atoms with E-state index in [0.29, 0.717) is 0 Å². The van der Waals surface area contributed by atoms with Crippen molar-refractivity contribution in [3.63, 3.8) is 0 Å². The Labute approximate surface area is 152 Å². The van der Waals surface area contributed by atoms with Crippen molar-refractivity contribution in [3.05, 3.63) is 40.6 Å². The van der Waals surface area contributed by atoms with E-state index in [4.69, 9.17) is 24.0 Å². The van der Waals surface area contributed by atoms with Gasteiger partial charge in [-0.25, -0.2) is 17.6 Å². The molecule has 0 unspecified atom stereocenters. The highest BCUT2D eigenvalue weighted by Gasteiger charge is 2.35. The minimum absolute atomic E-state index is 0.315. The molecule has 0 fully saturated rings. The molecule has 0 aromatic heterocycles. The first kappa shape index (κ1) is 9.03. The molecule has 126 valence electrons. The summed E-state index contributed by atoms with van der Waals surface area (Å²) in [6.45, 7) is 1.02. The summed E-state index contributed by atoms with van der Waals surface area (Å²) in [5.74, 6) is -3.04. The van der Waals surface area contributed by atoms with Crippen LogP contribution in [0.3, 0.4) is 0 Å². The molecule has 1 N–H and O–H groups in total. The molecule has 23 heavy (non-hydrogen) atoms. The molecule has 8 heteroatoms. The summed E-state index contributed by atoms with van der Waals surface area (Å²) in [6.07, 6.45) is -6.96. The molecule has 1 aromatic carbocycles. The first-order valence-corrected chi connectivity index (χ1v) is 8.17. The number of allylic oxidation sites excluding steroid dienone is 1. The molecule has 1 aromatic rings. The standard InChI is InChI=1S/C15H17ClFNO4S/c1-2-22-15(19)11-5-3-4-6-14(11)23(20,21)18-13-8-7-10(17)9-12(13)16/h5,7-9,14,18H,2-4,6H2,1H3/t14-/m1/s1/i3D2,5D,6D2,7D,8D,9D/hD. The normalized spacial score (nSPS) is 28.7. The number of carbonyl (C=O) groups excluding carboxylic acids is 1. The number of anilines is 1. The Morgan fingerprint density at radius 2 is 2.39 bits per heavy atom. The second kappa shape index (κ2) is 7.31. The van der Waals surface area contributed by atoms with E-state index in [1.54, 1.807) is 0 Å². The van der Waals surface area contributed by atoms with E-state index >= 15 is 0 Å². The summed E-state index contributed by atoms with van der Waals surface area (Å²) in [5, 5.41) is -3.66. The van der Waals surface area contributed by atoms with Gasteiger partial charge in [0, 0.05) is 5.48 Å². The molecule has 1 aliphatic carbocycles. The number of hydrogen-bond donors (Lipinski definition) is 1. The third kappa shape index (κ3) is 4.23. The van der Waals surface area contributed by atoms with Gasteiger partial charge in [0.05, 0.1) is 28.4 Å². The SMILES string of the molecule is [2H]C1=C(C(=O)OCC)[C@H](S(=O)(=O)N([2H])c2c([2H])c([2H])c(F)c([2H])c2Cl)C([2H])([2H])CC1([2H])[2H]. The number of esters is 1. The molecule has 5 nitrogen and oxygen atoms in total. The van der Waals surface area contributed by atoms with Crippen molar-refractivity contribution in [1.29, 1.82) is 0 Å². The van der Waals surface area contributed by atoms with Crippen molar-refractivity contribution in [2.45, 2.75) is 31.3 Å². The Balaban J connectivity index is 2.84. The summed E-state index contributed by atoms with van der Waals surface area (Å²) in [7, 11) is -5.42. The average molecular weight is 371 g/mol. The van der Waals surface area contributed by atoms with Crippen LogP contribution in [0.15, 0.2) is 29.8 Å². The molecule has 0 bridgehead atoms. The first-order valence-electron chi connectivity index (χ1n) is 10.7. The molecule has 0 amide bonds. The van der Waals surface area contributed by atoms with Gasteiger partial charge >= 0.3 is 5.97 Å². The largest absolute Gasteiger partial charge is 0.463 e. The molecule has 1 atom stereocenters. The van der Waals surface area contributed by atoms with Crippen LogP contribution in [0.4, 0.5) is 10.1 Å². The summed E-state index contributed by atoms with van der Waals surface area (Å²) in [5.41, 5.74) is -2.32. The van der Waals surface area contributed by atoms with Crippen LogP contribution in [0.5, 0.6) is 0 Å². The van der Waals surface area contributed by atoms with Crippen LogP contribution in [-0.4, -0.2) is 26.2 Å². The highest BCUT2D eigenvalue weighted by Crippen LogP contribution is 2.30.